The summed E-state index contributed by atoms with van der Waals surface area (Å²) in [4.78, 5) is 21.9. The highest BCUT2D eigenvalue weighted by Gasteiger charge is 2.24. The van der Waals surface area contributed by atoms with Crippen molar-refractivity contribution in [2.75, 3.05) is 34.3 Å². The number of nitrogens with zero attached hydrogens (tertiary/aromatic N) is 1. The van der Waals surface area contributed by atoms with Gasteiger partial charge in [-0.05, 0) is 5.92 Å². The van der Waals surface area contributed by atoms with Gasteiger partial charge >= 0.3 is 5.97 Å². The SMILES string of the molecule is C#CC[N+](C)(C)CC(=O)C(=O)OC.[Br-]. The maximum atomic E-state index is 11.1. The van der Waals surface area contributed by atoms with Crippen molar-refractivity contribution in [3.63, 3.8) is 0 Å². The molecule has 0 aliphatic heterocycles. The van der Waals surface area contributed by atoms with Crippen molar-refractivity contribution in [1.82, 2.24) is 0 Å². The highest BCUT2D eigenvalue weighted by Crippen LogP contribution is 1.96. The Balaban J connectivity index is 0. The van der Waals surface area contributed by atoms with E-state index < -0.39 is 11.8 Å². The lowest BCUT2D eigenvalue weighted by Crippen LogP contribution is -3.00. The molecule has 0 aromatic rings. The summed E-state index contributed by atoms with van der Waals surface area (Å²) < 4.78 is 4.58. The molecule has 0 atom stereocenters. The van der Waals surface area contributed by atoms with Crippen LogP contribution >= 0.6 is 0 Å². The Morgan fingerprint density at radius 2 is 1.93 bits per heavy atom. The number of likely N-dealkylation sites (N-methyl/N-ethyl adjacent to an activating group) is 1. The summed E-state index contributed by atoms with van der Waals surface area (Å²) >= 11 is 0. The van der Waals surface area contributed by atoms with Crippen LogP contribution in [0.3, 0.4) is 0 Å². The normalized spacial score (nSPS) is 9.57. The fourth-order valence-electron chi connectivity index (χ4n) is 0.870. The van der Waals surface area contributed by atoms with Crippen molar-refractivity contribution >= 4 is 11.8 Å². The smallest absolute Gasteiger partial charge is 0.380 e. The summed E-state index contributed by atoms with van der Waals surface area (Å²) in [6.07, 6.45) is 5.11. The van der Waals surface area contributed by atoms with Crippen LogP contribution in [0, 0.1) is 12.3 Å². The van der Waals surface area contributed by atoms with Gasteiger partial charge in [-0.25, -0.2) is 4.79 Å². The van der Waals surface area contributed by atoms with E-state index in [1.54, 1.807) is 14.1 Å². The molecule has 0 radical (unpaired) electrons. The molecule has 0 fully saturated rings. The lowest BCUT2D eigenvalue weighted by Gasteiger charge is -2.25. The van der Waals surface area contributed by atoms with Gasteiger partial charge in [0.25, 0.3) is 5.78 Å². The van der Waals surface area contributed by atoms with Crippen LogP contribution in [0.25, 0.3) is 0 Å². The monoisotopic (exact) mass is 263 g/mol. The van der Waals surface area contributed by atoms with Crippen molar-refractivity contribution in [2.45, 2.75) is 0 Å². The van der Waals surface area contributed by atoms with Crippen LogP contribution in [0.15, 0.2) is 0 Å². The lowest BCUT2D eigenvalue weighted by atomic mass is 10.3. The van der Waals surface area contributed by atoms with Gasteiger partial charge in [0, 0.05) is 0 Å². The molecule has 0 unspecified atom stereocenters. The van der Waals surface area contributed by atoms with Crippen LogP contribution in [0.1, 0.15) is 0 Å². The highest BCUT2D eigenvalue weighted by atomic mass is 79.9. The molecule has 0 aliphatic carbocycles. The molecule has 80 valence electrons. The van der Waals surface area contributed by atoms with Crippen molar-refractivity contribution in [3.8, 4) is 12.3 Å². The van der Waals surface area contributed by atoms with Gasteiger partial charge in [0.2, 0.25) is 0 Å². The standard InChI is InChI=1S/C9H14NO3.BrH/c1-5-6-10(2,3)7-8(11)9(12)13-4;/h1H,6-7H2,2-4H3;1H/q+1;/p-1. The number of Topliss-reactive ketones (excluding diaryl/α,β-unsaturated/α-hetero) is 1. The van der Waals surface area contributed by atoms with Crippen molar-refractivity contribution in [1.29, 1.82) is 0 Å². The molecule has 0 amide bonds. The predicted octanol–water partition coefficient (Wildman–Crippen LogP) is -3.56. The van der Waals surface area contributed by atoms with E-state index in [-0.39, 0.29) is 23.5 Å². The van der Waals surface area contributed by atoms with Gasteiger partial charge < -0.3 is 26.2 Å². The number of carbonyl (C=O) groups is 2. The number of hydrogen-bond acceptors (Lipinski definition) is 3. The quantitative estimate of drug-likeness (QED) is 0.228. The van der Waals surface area contributed by atoms with Gasteiger partial charge in [-0.2, -0.15) is 0 Å². The minimum Gasteiger partial charge on any atom is -1.00 e. The summed E-state index contributed by atoms with van der Waals surface area (Å²) in [6.45, 7) is 0.472. The molecule has 0 aromatic heterocycles. The number of rotatable bonds is 4. The van der Waals surface area contributed by atoms with Crippen LogP contribution in [-0.4, -0.2) is 50.5 Å². The number of quaternary nitrogens is 1. The van der Waals surface area contributed by atoms with Crippen molar-refractivity contribution in [3.05, 3.63) is 0 Å². The number of halogens is 1. The Morgan fingerprint density at radius 1 is 1.43 bits per heavy atom. The number of hydrogen-bond donors (Lipinski definition) is 0. The van der Waals surface area contributed by atoms with E-state index in [1.807, 2.05) is 0 Å². The first-order valence-corrected chi connectivity index (χ1v) is 3.79. The fourth-order valence-corrected chi connectivity index (χ4v) is 0.870. The summed E-state index contributed by atoms with van der Waals surface area (Å²) in [5, 5.41) is 0. The van der Waals surface area contributed by atoms with E-state index in [2.05, 4.69) is 10.7 Å². The van der Waals surface area contributed by atoms with E-state index in [1.165, 1.54) is 7.11 Å². The molecule has 0 saturated heterocycles. The molecule has 0 spiro atoms. The van der Waals surface area contributed by atoms with Gasteiger partial charge in [0.05, 0.1) is 21.2 Å². The second kappa shape index (κ2) is 6.57. The summed E-state index contributed by atoms with van der Waals surface area (Å²) in [6, 6.07) is 0. The third kappa shape index (κ3) is 5.73. The molecule has 0 heterocycles. The number of esters is 1. The number of ketones is 1. The van der Waals surface area contributed by atoms with Crippen LogP contribution in [0.5, 0.6) is 0 Å². The van der Waals surface area contributed by atoms with E-state index >= 15 is 0 Å². The van der Waals surface area contributed by atoms with Crippen LogP contribution in [-0.2, 0) is 14.3 Å². The zero-order valence-corrected chi connectivity index (χ0v) is 10.1. The van der Waals surface area contributed by atoms with Crippen LogP contribution in [0.2, 0.25) is 0 Å². The van der Waals surface area contributed by atoms with Gasteiger partial charge in [0.1, 0.15) is 6.54 Å². The van der Waals surface area contributed by atoms with E-state index in [0.29, 0.717) is 11.0 Å². The first kappa shape index (κ1) is 15.6. The highest BCUT2D eigenvalue weighted by molar-refractivity contribution is 6.34. The molecule has 0 bridgehead atoms. The summed E-state index contributed by atoms with van der Waals surface area (Å²) in [5.41, 5.74) is 0. The molecular weight excluding hydrogens is 250 g/mol. The first-order chi connectivity index (χ1) is 5.93. The van der Waals surface area contributed by atoms with Gasteiger partial charge in [0.15, 0.2) is 6.54 Å². The van der Waals surface area contributed by atoms with Gasteiger partial charge in [-0.15, -0.1) is 6.42 Å². The number of methoxy groups -OCH3 is 1. The van der Waals surface area contributed by atoms with Gasteiger partial charge in [-0.3, -0.25) is 4.79 Å². The third-order valence-corrected chi connectivity index (χ3v) is 1.50. The zero-order valence-electron chi connectivity index (χ0n) is 8.54. The molecular formula is C9H14BrNO3. The maximum absolute atomic E-state index is 11.1. The molecule has 0 N–H and O–H groups in total. The Bertz CT molecular complexity index is 255. The second-order valence-corrected chi connectivity index (χ2v) is 3.37. The Kier molecular flexibility index (Phi) is 7.33. The summed E-state index contributed by atoms with van der Waals surface area (Å²) in [7, 11) is 4.74. The molecule has 0 saturated carbocycles. The first-order valence-electron chi connectivity index (χ1n) is 3.79. The predicted molar refractivity (Wildman–Crippen MR) is 47.7 cm³/mol. The second-order valence-electron chi connectivity index (χ2n) is 3.37. The largest absolute Gasteiger partial charge is 1.00 e. The van der Waals surface area contributed by atoms with Crippen LogP contribution in [0.4, 0.5) is 0 Å². The fraction of sp³-hybridized carbons (Fsp3) is 0.556. The zero-order chi connectivity index (χ0) is 10.5. The minimum absolute atomic E-state index is 0. The van der Waals surface area contributed by atoms with E-state index in [9.17, 15) is 9.59 Å². The summed E-state index contributed by atoms with van der Waals surface area (Å²) in [5.74, 6) is 1.07. The van der Waals surface area contributed by atoms with Crippen molar-refractivity contribution < 1.29 is 35.8 Å². The number of carbonyl (C=O) groups excluding carboxylic acids is 2. The maximum Gasteiger partial charge on any atom is 0.380 e. The molecule has 5 heteroatoms. The van der Waals surface area contributed by atoms with Crippen LogP contribution < -0.4 is 17.0 Å². The number of ether oxygens (including phenoxy) is 1. The van der Waals surface area contributed by atoms with Gasteiger partial charge in [-0.1, -0.05) is 0 Å². The average Bonchev–Trinajstić information content (AvgIpc) is 2.01. The lowest BCUT2D eigenvalue weighted by molar-refractivity contribution is -0.874. The minimum atomic E-state index is -0.816. The Hall–Kier alpha value is -0.860. The number of terminal acetylenes is 1. The average molecular weight is 264 g/mol. The molecule has 0 aliphatic rings. The van der Waals surface area contributed by atoms with E-state index in [0.717, 1.165) is 0 Å². The molecule has 0 aromatic carbocycles. The topological polar surface area (TPSA) is 43.4 Å². The molecule has 0 rings (SSSR count). The Labute approximate surface area is 94.6 Å². The Morgan fingerprint density at radius 3 is 2.29 bits per heavy atom. The van der Waals surface area contributed by atoms with Crippen molar-refractivity contribution in [2.24, 2.45) is 0 Å². The molecule has 14 heavy (non-hydrogen) atoms. The third-order valence-electron chi connectivity index (χ3n) is 1.50. The van der Waals surface area contributed by atoms with E-state index in [4.69, 9.17) is 6.42 Å². The molecule has 4 nitrogen and oxygen atoms in total.